The van der Waals surface area contributed by atoms with Crippen molar-refractivity contribution >= 4 is 18.4 Å². The molecule has 0 N–H and O–H groups in total. The fourth-order valence-corrected chi connectivity index (χ4v) is 5.20. The molecule has 0 saturated carbocycles. The summed E-state index contributed by atoms with van der Waals surface area (Å²) < 4.78 is 83.1. The normalized spacial score (nSPS) is 25.4. The first kappa shape index (κ1) is 25.6. The van der Waals surface area contributed by atoms with E-state index in [1.54, 1.807) is 0 Å². The summed E-state index contributed by atoms with van der Waals surface area (Å²) in [6.07, 6.45) is 2.95. The predicted molar refractivity (Wildman–Crippen MR) is 108 cm³/mol. The summed E-state index contributed by atoms with van der Waals surface area (Å²) in [5.41, 5.74) is -5.46. The summed E-state index contributed by atoms with van der Waals surface area (Å²) in [5, 5.41) is -0.0990. The van der Waals surface area contributed by atoms with Crippen LogP contribution in [-0.2, 0) is 28.2 Å². The Hall–Kier alpha value is -0.623. The van der Waals surface area contributed by atoms with Gasteiger partial charge >= 0.3 is 15.6 Å². The average molecular weight is 475 g/mol. The topological polar surface area (TPSA) is 71.1 Å². The molecule has 1 fully saturated rings. The molecule has 2 rings (SSSR count). The van der Waals surface area contributed by atoms with Crippen LogP contribution in [0, 0.1) is 5.92 Å². The fraction of sp³-hybridized carbons (Fsp3) is 0.895. The molecule has 0 aromatic carbocycles. The Morgan fingerprint density at radius 1 is 1.20 bits per heavy atom. The predicted octanol–water partition coefficient (Wildman–Crippen LogP) is 5.08. The molecule has 0 aromatic rings. The van der Waals surface area contributed by atoms with E-state index in [9.17, 15) is 21.6 Å². The molecule has 1 heterocycles. The molecule has 0 radical (unpaired) electrons. The summed E-state index contributed by atoms with van der Waals surface area (Å²) in [4.78, 5) is 0. The summed E-state index contributed by atoms with van der Waals surface area (Å²) in [6.45, 7) is 13.2. The lowest BCUT2D eigenvalue weighted by molar-refractivity contribution is -0.148. The summed E-state index contributed by atoms with van der Waals surface area (Å²) in [5.74, 6) is -1.11. The Labute approximate surface area is 178 Å². The van der Waals surface area contributed by atoms with E-state index in [0.717, 1.165) is 0 Å². The van der Waals surface area contributed by atoms with Crippen LogP contribution in [0.3, 0.4) is 0 Å². The van der Waals surface area contributed by atoms with Crippen LogP contribution in [0.15, 0.2) is 11.8 Å². The lowest BCUT2D eigenvalue weighted by Gasteiger charge is -2.40. The summed E-state index contributed by atoms with van der Waals surface area (Å²) >= 11 is 0. The minimum atomic E-state index is -5.70. The summed E-state index contributed by atoms with van der Waals surface area (Å²) in [6, 6.07) is 0. The van der Waals surface area contributed by atoms with E-state index in [4.69, 9.17) is 13.9 Å². The van der Waals surface area contributed by atoms with Gasteiger partial charge in [-0.1, -0.05) is 20.8 Å². The number of alkyl halides is 3. The van der Waals surface area contributed by atoms with Crippen molar-refractivity contribution < 1.29 is 39.7 Å². The Bertz CT molecular complexity index is 736. The first-order valence-electron chi connectivity index (χ1n) is 10.1. The second kappa shape index (κ2) is 8.72. The van der Waals surface area contributed by atoms with Crippen molar-refractivity contribution in [2.75, 3.05) is 13.2 Å². The molecule has 1 saturated heterocycles. The molecule has 2 atom stereocenters. The van der Waals surface area contributed by atoms with Crippen LogP contribution in [0.25, 0.3) is 0 Å². The molecule has 6 nitrogen and oxygen atoms in total. The van der Waals surface area contributed by atoms with Gasteiger partial charge in [0.2, 0.25) is 0 Å². The first-order valence-corrected chi connectivity index (χ1v) is 14.4. The van der Waals surface area contributed by atoms with Crippen LogP contribution < -0.4 is 0 Å². The number of ether oxygens (including phenoxy) is 2. The van der Waals surface area contributed by atoms with Gasteiger partial charge < -0.3 is 18.1 Å². The highest BCUT2D eigenvalue weighted by Crippen LogP contribution is 2.43. The molecule has 1 aliphatic heterocycles. The summed E-state index contributed by atoms with van der Waals surface area (Å²) in [7, 11) is -7.92. The SMILES string of the molecule is CC1(CCC[C@H]2C=C(OS(=O)(=O)C(F)(F)F)C[C@@H]2O[Si](C)(C)C(C)(C)C)OCCO1. The second-order valence-electron chi connectivity index (χ2n) is 9.62. The molecule has 30 heavy (non-hydrogen) atoms. The van der Waals surface area contributed by atoms with E-state index in [1.165, 1.54) is 6.08 Å². The molecule has 0 aromatic heterocycles. The molecule has 1 aliphatic carbocycles. The van der Waals surface area contributed by atoms with Crippen LogP contribution in [0.5, 0.6) is 0 Å². The molecule has 0 spiro atoms. The smallest absolute Gasteiger partial charge is 0.413 e. The third-order valence-corrected chi connectivity index (χ3v) is 11.6. The maximum atomic E-state index is 12.7. The Kier molecular flexibility index (Phi) is 7.45. The molecule has 2 aliphatic rings. The molecular formula is C19H33F3O6SSi. The molecular weight excluding hydrogens is 441 g/mol. The molecule has 0 unspecified atom stereocenters. The zero-order valence-corrected chi connectivity index (χ0v) is 20.3. The van der Waals surface area contributed by atoms with Crippen molar-refractivity contribution in [3.8, 4) is 0 Å². The van der Waals surface area contributed by atoms with Crippen LogP contribution in [-0.4, -0.2) is 47.3 Å². The Morgan fingerprint density at radius 2 is 1.77 bits per heavy atom. The van der Waals surface area contributed by atoms with Crippen LogP contribution >= 0.6 is 0 Å². The van der Waals surface area contributed by atoms with Crippen molar-refractivity contribution in [3.05, 3.63) is 11.8 Å². The number of hydrogen-bond acceptors (Lipinski definition) is 6. The van der Waals surface area contributed by atoms with Crippen LogP contribution in [0.4, 0.5) is 13.2 Å². The highest BCUT2D eigenvalue weighted by Gasteiger charge is 2.50. The van der Waals surface area contributed by atoms with Gasteiger partial charge in [0.1, 0.15) is 5.76 Å². The van der Waals surface area contributed by atoms with E-state index in [2.05, 4.69) is 38.0 Å². The lowest BCUT2D eigenvalue weighted by atomic mass is 9.97. The lowest BCUT2D eigenvalue weighted by Crippen LogP contribution is -2.45. The molecule has 11 heteroatoms. The standard InChI is InChI=1S/C19H33F3O6SSi/c1-17(2,3)30(5,6)28-16-13-15(27-29(23,24)19(20,21)22)12-14(16)8-7-9-18(4)25-10-11-26-18/h12,14,16H,7-11,13H2,1-6H3/t14-,16-/m0/s1. The number of halogens is 3. The highest BCUT2D eigenvalue weighted by molar-refractivity contribution is 7.87. The molecule has 0 amide bonds. The third-order valence-electron chi connectivity index (χ3n) is 6.10. The monoisotopic (exact) mass is 474 g/mol. The average Bonchev–Trinajstić information content (AvgIpc) is 3.11. The zero-order valence-electron chi connectivity index (χ0n) is 18.5. The van der Waals surface area contributed by atoms with Crippen molar-refractivity contribution in [2.45, 2.75) is 88.9 Å². The van der Waals surface area contributed by atoms with E-state index in [-0.39, 0.29) is 23.1 Å². The largest absolute Gasteiger partial charge is 0.534 e. The van der Waals surface area contributed by atoms with Crippen LogP contribution in [0.2, 0.25) is 18.1 Å². The second-order valence-corrected chi connectivity index (χ2v) is 15.9. The van der Waals surface area contributed by atoms with E-state index >= 15 is 0 Å². The number of rotatable bonds is 8. The highest BCUT2D eigenvalue weighted by atomic mass is 32.2. The minimum Gasteiger partial charge on any atom is -0.413 e. The Balaban J connectivity index is 2.12. The van der Waals surface area contributed by atoms with Crippen LogP contribution in [0.1, 0.15) is 53.4 Å². The maximum absolute atomic E-state index is 12.7. The van der Waals surface area contributed by atoms with Gasteiger partial charge in [0, 0.05) is 18.8 Å². The zero-order chi connectivity index (χ0) is 23.0. The first-order chi connectivity index (χ1) is 13.5. The Morgan fingerprint density at radius 3 is 2.27 bits per heavy atom. The molecule has 0 bridgehead atoms. The van der Waals surface area contributed by atoms with Gasteiger partial charge in [-0.05, 0) is 44.0 Å². The molecule has 176 valence electrons. The third kappa shape index (κ3) is 6.21. The fourth-order valence-electron chi connectivity index (χ4n) is 3.33. The van der Waals surface area contributed by atoms with E-state index < -0.39 is 35.8 Å². The van der Waals surface area contributed by atoms with Gasteiger partial charge in [-0.15, -0.1) is 0 Å². The van der Waals surface area contributed by atoms with Crippen molar-refractivity contribution in [1.29, 1.82) is 0 Å². The maximum Gasteiger partial charge on any atom is 0.534 e. The van der Waals surface area contributed by atoms with Gasteiger partial charge in [0.05, 0.1) is 19.3 Å². The van der Waals surface area contributed by atoms with Crippen molar-refractivity contribution in [2.24, 2.45) is 5.92 Å². The number of hydrogen-bond donors (Lipinski definition) is 0. The van der Waals surface area contributed by atoms with Gasteiger partial charge in [0.15, 0.2) is 14.1 Å². The van der Waals surface area contributed by atoms with Gasteiger partial charge in [-0.3, -0.25) is 0 Å². The van der Waals surface area contributed by atoms with E-state index in [1.807, 2.05) is 6.92 Å². The van der Waals surface area contributed by atoms with Crippen molar-refractivity contribution in [1.82, 2.24) is 0 Å². The van der Waals surface area contributed by atoms with E-state index in [0.29, 0.717) is 32.5 Å². The van der Waals surface area contributed by atoms with Gasteiger partial charge in [-0.2, -0.15) is 21.6 Å². The quantitative estimate of drug-likeness (QED) is 0.278. The minimum absolute atomic E-state index is 0.00322. The van der Waals surface area contributed by atoms with Gasteiger partial charge in [0.25, 0.3) is 0 Å². The van der Waals surface area contributed by atoms with Crippen molar-refractivity contribution in [3.63, 3.8) is 0 Å². The van der Waals surface area contributed by atoms with Gasteiger partial charge in [-0.25, -0.2) is 0 Å².